The van der Waals surface area contributed by atoms with Crippen molar-refractivity contribution in [2.24, 2.45) is 0 Å². The Hall–Kier alpha value is -0.120. The first kappa shape index (κ1) is 12.9. The van der Waals surface area contributed by atoms with Crippen LogP contribution in [0.4, 0.5) is 0 Å². The third kappa shape index (κ3) is 4.96. The molecule has 90 valence electrons. The molecule has 0 atom stereocenters. The van der Waals surface area contributed by atoms with Crippen LogP contribution in [0.1, 0.15) is 39.5 Å². The predicted molar refractivity (Wildman–Crippen MR) is 64.1 cm³/mol. The second kappa shape index (κ2) is 7.20. The SMILES string of the molecule is CCN(CC)CCNC1CCC(O)CC1. The van der Waals surface area contributed by atoms with Crippen LogP contribution >= 0.6 is 0 Å². The monoisotopic (exact) mass is 214 g/mol. The fraction of sp³-hybridized carbons (Fsp3) is 1.00. The summed E-state index contributed by atoms with van der Waals surface area (Å²) in [7, 11) is 0. The summed E-state index contributed by atoms with van der Waals surface area (Å²) in [5, 5.41) is 13.0. The van der Waals surface area contributed by atoms with Crippen LogP contribution in [0.25, 0.3) is 0 Å². The maximum absolute atomic E-state index is 9.38. The summed E-state index contributed by atoms with van der Waals surface area (Å²) >= 11 is 0. The molecule has 1 aliphatic carbocycles. The molecule has 3 heteroatoms. The van der Waals surface area contributed by atoms with Gasteiger partial charge < -0.3 is 15.3 Å². The molecular weight excluding hydrogens is 188 g/mol. The van der Waals surface area contributed by atoms with E-state index in [1.807, 2.05) is 0 Å². The van der Waals surface area contributed by atoms with Crippen molar-refractivity contribution in [3.8, 4) is 0 Å². The average Bonchev–Trinajstić information content (AvgIpc) is 2.27. The minimum absolute atomic E-state index is 0.0363. The molecule has 2 N–H and O–H groups in total. The lowest BCUT2D eigenvalue weighted by Gasteiger charge is -2.27. The summed E-state index contributed by atoms with van der Waals surface area (Å²) in [6.07, 6.45) is 4.19. The molecule has 0 aromatic carbocycles. The van der Waals surface area contributed by atoms with E-state index in [1.54, 1.807) is 0 Å². The predicted octanol–water partition coefficient (Wildman–Crippen LogP) is 1.22. The maximum Gasteiger partial charge on any atom is 0.0541 e. The highest BCUT2D eigenvalue weighted by Gasteiger charge is 2.18. The number of likely N-dealkylation sites (N-methyl/N-ethyl adjacent to an activating group) is 1. The van der Waals surface area contributed by atoms with E-state index in [4.69, 9.17) is 0 Å². The van der Waals surface area contributed by atoms with Crippen molar-refractivity contribution in [2.75, 3.05) is 26.2 Å². The van der Waals surface area contributed by atoms with Gasteiger partial charge in [-0.1, -0.05) is 13.8 Å². The number of rotatable bonds is 6. The van der Waals surface area contributed by atoms with Crippen molar-refractivity contribution in [3.63, 3.8) is 0 Å². The van der Waals surface area contributed by atoms with E-state index in [1.165, 1.54) is 0 Å². The first-order valence-corrected chi connectivity index (χ1v) is 6.40. The summed E-state index contributed by atoms with van der Waals surface area (Å²) in [6.45, 7) is 8.93. The molecule has 0 amide bonds. The molecule has 0 spiro atoms. The van der Waals surface area contributed by atoms with Crippen LogP contribution in [-0.4, -0.2) is 48.3 Å². The number of nitrogens with zero attached hydrogens (tertiary/aromatic N) is 1. The molecule has 0 saturated heterocycles. The molecule has 1 aliphatic rings. The number of nitrogens with one attached hydrogen (secondary N) is 1. The molecule has 1 rings (SSSR count). The molecule has 15 heavy (non-hydrogen) atoms. The third-order valence-corrected chi connectivity index (χ3v) is 3.45. The highest BCUT2D eigenvalue weighted by Crippen LogP contribution is 2.17. The smallest absolute Gasteiger partial charge is 0.0541 e. The van der Waals surface area contributed by atoms with Gasteiger partial charge in [-0.25, -0.2) is 0 Å². The molecule has 0 aromatic heterocycles. The van der Waals surface area contributed by atoms with Crippen LogP contribution in [0.15, 0.2) is 0 Å². The van der Waals surface area contributed by atoms with Crippen LogP contribution in [0.5, 0.6) is 0 Å². The molecule has 1 saturated carbocycles. The van der Waals surface area contributed by atoms with E-state index >= 15 is 0 Å². The number of hydrogen-bond acceptors (Lipinski definition) is 3. The van der Waals surface area contributed by atoms with Gasteiger partial charge in [-0.3, -0.25) is 0 Å². The summed E-state index contributed by atoms with van der Waals surface area (Å²) in [5.74, 6) is 0. The van der Waals surface area contributed by atoms with Crippen molar-refractivity contribution in [3.05, 3.63) is 0 Å². The second-order valence-electron chi connectivity index (χ2n) is 4.49. The standard InChI is InChI=1S/C12H26N2O/c1-3-14(4-2)10-9-13-11-5-7-12(15)8-6-11/h11-13,15H,3-10H2,1-2H3. The van der Waals surface area contributed by atoms with Gasteiger partial charge in [0.2, 0.25) is 0 Å². The lowest BCUT2D eigenvalue weighted by molar-refractivity contribution is 0.116. The number of aliphatic hydroxyl groups excluding tert-OH is 1. The Bertz CT molecular complexity index is 152. The molecule has 3 nitrogen and oxygen atoms in total. The van der Waals surface area contributed by atoms with Gasteiger partial charge in [0.05, 0.1) is 6.10 Å². The van der Waals surface area contributed by atoms with Crippen molar-refractivity contribution >= 4 is 0 Å². The van der Waals surface area contributed by atoms with Crippen LogP contribution in [0, 0.1) is 0 Å². The van der Waals surface area contributed by atoms with Crippen LogP contribution in [0.3, 0.4) is 0 Å². The first-order chi connectivity index (χ1) is 7.26. The minimum atomic E-state index is -0.0363. The average molecular weight is 214 g/mol. The summed E-state index contributed by atoms with van der Waals surface area (Å²) < 4.78 is 0. The molecule has 0 bridgehead atoms. The Morgan fingerprint density at radius 3 is 2.27 bits per heavy atom. The fourth-order valence-corrected chi connectivity index (χ4v) is 2.25. The molecule has 1 fully saturated rings. The van der Waals surface area contributed by atoms with Gasteiger partial charge in [0, 0.05) is 19.1 Å². The zero-order chi connectivity index (χ0) is 11.1. The quantitative estimate of drug-likeness (QED) is 0.698. The Labute approximate surface area is 93.9 Å². The summed E-state index contributed by atoms with van der Waals surface area (Å²) in [4.78, 5) is 2.44. The van der Waals surface area contributed by atoms with Gasteiger partial charge in [0.1, 0.15) is 0 Å². The van der Waals surface area contributed by atoms with Crippen LogP contribution < -0.4 is 5.32 Å². The van der Waals surface area contributed by atoms with Crippen LogP contribution in [0.2, 0.25) is 0 Å². The normalized spacial score (nSPS) is 27.2. The zero-order valence-corrected chi connectivity index (χ0v) is 10.2. The van der Waals surface area contributed by atoms with E-state index in [-0.39, 0.29) is 6.10 Å². The Morgan fingerprint density at radius 1 is 1.13 bits per heavy atom. The summed E-state index contributed by atoms with van der Waals surface area (Å²) in [6, 6.07) is 0.643. The van der Waals surface area contributed by atoms with E-state index < -0.39 is 0 Å². The molecule has 0 heterocycles. The lowest BCUT2D eigenvalue weighted by atomic mass is 9.93. The third-order valence-electron chi connectivity index (χ3n) is 3.45. The number of aliphatic hydroxyl groups is 1. The molecule has 0 radical (unpaired) electrons. The van der Waals surface area contributed by atoms with Crippen LogP contribution in [-0.2, 0) is 0 Å². The van der Waals surface area contributed by atoms with Gasteiger partial charge >= 0.3 is 0 Å². The number of hydrogen-bond donors (Lipinski definition) is 2. The zero-order valence-electron chi connectivity index (χ0n) is 10.2. The second-order valence-corrected chi connectivity index (χ2v) is 4.49. The Morgan fingerprint density at radius 2 is 1.73 bits per heavy atom. The van der Waals surface area contributed by atoms with Crippen molar-refractivity contribution < 1.29 is 5.11 Å². The van der Waals surface area contributed by atoms with E-state index in [0.29, 0.717) is 6.04 Å². The largest absolute Gasteiger partial charge is 0.393 e. The van der Waals surface area contributed by atoms with Gasteiger partial charge in [0.15, 0.2) is 0 Å². The highest BCUT2D eigenvalue weighted by molar-refractivity contribution is 4.76. The molecule has 0 unspecified atom stereocenters. The van der Waals surface area contributed by atoms with E-state index in [2.05, 4.69) is 24.1 Å². The topological polar surface area (TPSA) is 35.5 Å². The highest BCUT2D eigenvalue weighted by atomic mass is 16.3. The maximum atomic E-state index is 9.38. The molecule has 0 aromatic rings. The first-order valence-electron chi connectivity index (χ1n) is 6.40. The van der Waals surface area contributed by atoms with Gasteiger partial charge in [0.25, 0.3) is 0 Å². The molecular formula is C12H26N2O. The van der Waals surface area contributed by atoms with Gasteiger partial charge in [-0.05, 0) is 38.8 Å². The van der Waals surface area contributed by atoms with E-state index in [0.717, 1.165) is 51.9 Å². The van der Waals surface area contributed by atoms with Crippen molar-refractivity contribution in [2.45, 2.75) is 51.7 Å². The van der Waals surface area contributed by atoms with Gasteiger partial charge in [-0.15, -0.1) is 0 Å². The summed E-state index contributed by atoms with van der Waals surface area (Å²) in [5.41, 5.74) is 0. The van der Waals surface area contributed by atoms with E-state index in [9.17, 15) is 5.11 Å². The van der Waals surface area contributed by atoms with Gasteiger partial charge in [-0.2, -0.15) is 0 Å². The fourth-order valence-electron chi connectivity index (χ4n) is 2.25. The van der Waals surface area contributed by atoms with Crippen molar-refractivity contribution in [1.82, 2.24) is 10.2 Å². The Balaban J connectivity index is 2.04. The van der Waals surface area contributed by atoms with Crippen molar-refractivity contribution in [1.29, 1.82) is 0 Å². The Kier molecular flexibility index (Phi) is 6.22. The minimum Gasteiger partial charge on any atom is -0.393 e. The lowest BCUT2D eigenvalue weighted by Crippen LogP contribution is -2.39. The molecule has 0 aliphatic heterocycles.